The second kappa shape index (κ2) is 4.81. The van der Waals surface area contributed by atoms with E-state index in [0.29, 0.717) is 6.42 Å². The predicted octanol–water partition coefficient (Wildman–Crippen LogP) is 2.74. The molecular weight excluding hydrogens is 280 g/mol. The molecule has 4 saturated carbocycles. The fourth-order valence-corrected chi connectivity index (χ4v) is 6.98. The fourth-order valence-electron chi connectivity index (χ4n) is 6.98. The molecule has 4 fully saturated rings. The van der Waals surface area contributed by atoms with Gasteiger partial charge in [0.15, 0.2) is 0 Å². The van der Waals surface area contributed by atoms with E-state index < -0.39 is 5.97 Å². The lowest BCUT2D eigenvalue weighted by Crippen LogP contribution is -2.62. The highest BCUT2D eigenvalue weighted by molar-refractivity contribution is 5.85. The summed E-state index contributed by atoms with van der Waals surface area (Å²) in [7, 11) is 0. The summed E-state index contributed by atoms with van der Waals surface area (Å²) >= 11 is 0. The number of rotatable bonds is 6. The van der Waals surface area contributed by atoms with E-state index >= 15 is 0 Å². The molecule has 0 aromatic heterocycles. The minimum Gasteiger partial charge on any atom is -0.478 e. The lowest BCUT2D eigenvalue weighted by Gasteiger charge is -2.70. The van der Waals surface area contributed by atoms with Crippen LogP contribution < -0.4 is 0 Å². The van der Waals surface area contributed by atoms with E-state index in [-0.39, 0.29) is 40.4 Å². The number of hydrogen-bond acceptors (Lipinski definition) is 3. The van der Waals surface area contributed by atoms with Crippen LogP contribution in [0.25, 0.3) is 0 Å². The van der Waals surface area contributed by atoms with Crippen LogP contribution in [0.5, 0.6) is 0 Å². The van der Waals surface area contributed by atoms with Gasteiger partial charge in [0.2, 0.25) is 0 Å². The van der Waals surface area contributed by atoms with Gasteiger partial charge in [-0.05, 0) is 73.0 Å². The van der Waals surface area contributed by atoms with Crippen molar-refractivity contribution in [1.29, 1.82) is 0 Å². The molecule has 0 saturated heterocycles. The fraction of sp³-hybridized carbons (Fsp3) is 0.833. The maximum absolute atomic E-state index is 11.0. The number of aliphatic hydroxyl groups excluding tert-OH is 2. The van der Waals surface area contributed by atoms with Gasteiger partial charge in [-0.25, -0.2) is 4.79 Å². The van der Waals surface area contributed by atoms with Crippen LogP contribution in [-0.2, 0) is 4.79 Å². The van der Waals surface area contributed by atoms with Gasteiger partial charge in [0.25, 0.3) is 0 Å². The number of carboxylic acid groups (broad SMARTS) is 1. The molecule has 2 atom stereocenters. The molecule has 0 aromatic rings. The van der Waals surface area contributed by atoms with Crippen molar-refractivity contribution in [2.24, 2.45) is 21.7 Å². The van der Waals surface area contributed by atoms with Crippen LogP contribution in [0.2, 0.25) is 0 Å². The molecule has 124 valence electrons. The van der Waals surface area contributed by atoms with Crippen LogP contribution in [0.1, 0.15) is 58.3 Å². The molecule has 0 aliphatic heterocycles. The molecule has 3 N–H and O–H groups in total. The van der Waals surface area contributed by atoms with Crippen LogP contribution in [0.15, 0.2) is 12.2 Å². The van der Waals surface area contributed by atoms with Gasteiger partial charge >= 0.3 is 5.97 Å². The molecule has 2 unspecified atom stereocenters. The molecule has 22 heavy (non-hydrogen) atoms. The Kier molecular flexibility index (Phi) is 3.50. The van der Waals surface area contributed by atoms with Crippen LogP contribution in [-0.4, -0.2) is 34.5 Å². The van der Waals surface area contributed by atoms with E-state index in [1.54, 1.807) is 0 Å². The predicted molar refractivity (Wildman–Crippen MR) is 83.3 cm³/mol. The highest BCUT2D eigenvalue weighted by Gasteiger charge is 2.66. The lowest BCUT2D eigenvalue weighted by molar-refractivity contribution is -0.219. The first-order valence-corrected chi connectivity index (χ1v) is 8.32. The van der Waals surface area contributed by atoms with Gasteiger partial charge in [-0.2, -0.15) is 0 Å². The maximum atomic E-state index is 11.0. The summed E-state index contributed by atoms with van der Waals surface area (Å²) < 4.78 is 0. The molecule has 4 nitrogen and oxygen atoms in total. The second-order valence-electron chi connectivity index (χ2n) is 9.10. The Morgan fingerprint density at radius 1 is 0.955 bits per heavy atom. The number of aliphatic hydroxyl groups is 2. The van der Waals surface area contributed by atoms with E-state index in [4.69, 9.17) is 5.11 Å². The van der Waals surface area contributed by atoms with Gasteiger partial charge in [0.05, 0.1) is 0 Å². The Bertz CT molecular complexity index is 489. The Balaban J connectivity index is 1.88. The molecule has 0 amide bonds. The monoisotopic (exact) mass is 308 g/mol. The van der Waals surface area contributed by atoms with Gasteiger partial charge in [-0.3, -0.25) is 0 Å². The minimum absolute atomic E-state index is 0.0628. The van der Waals surface area contributed by atoms with Crippen LogP contribution in [0.3, 0.4) is 0 Å². The second-order valence-corrected chi connectivity index (χ2v) is 9.10. The van der Waals surface area contributed by atoms with Crippen molar-refractivity contribution in [3.8, 4) is 0 Å². The first-order valence-electron chi connectivity index (χ1n) is 8.32. The van der Waals surface area contributed by atoms with E-state index in [1.807, 2.05) is 0 Å². The summed E-state index contributed by atoms with van der Waals surface area (Å²) in [6.45, 7) is 6.33. The number of aliphatic carboxylic acids is 1. The van der Waals surface area contributed by atoms with Gasteiger partial charge in [-0.1, -0.05) is 13.5 Å². The minimum atomic E-state index is -0.912. The zero-order valence-corrected chi connectivity index (χ0v) is 13.5. The van der Waals surface area contributed by atoms with Crippen molar-refractivity contribution in [1.82, 2.24) is 0 Å². The summed E-state index contributed by atoms with van der Waals surface area (Å²) in [5.74, 6) is -0.912. The quantitative estimate of drug-likeness (QED) is 0.659. The zero-order valence-electron chi connectivity index (χ0n) is 13.5. The third-order valence-corrected chi connectivity index (χ3v) is 6.59. The number of hydrogen-bond donors (Lipinski definition) is 3. The molecule has 4 bridgehead atoms. The molecule has 4 aliphatic carbocycles. The van der Waals surface area contributed by atoms with Crippen LogP contribution in [0.4, 0.5) is 0 Å². The third-order valence-electron chi connectivity index (χ3n) is 6.59. The van der Waals surface area contributed by atoms with Crippen molar-refractivity contribution < 1.29 is 20.1 Å². The Morgan fingerprint density at radius 3 is 1.86 bits per heavy atom. The average Bonchev–Trinajstić information content (AvgIpc) is 2.42. The lowest BCUT2D eigenvalue weighted by atomic mass is 9.35. The van der Waals surface area contributed by atoms with Crippen molar-refractivity contribution in [3.63, 3.8) is 0 Å². The Labute approximate surface area is 132 Å². The van der Waals surface area contributed by atoms with Crippen molar-refractivity contribution in [2.45, 2.75) is 58.3 Å². The van der Waals surface area contributed by atoms with Gasteiger partial charge in [0.1, 0.15) is 0 Å². The summed E-state index contributed by atoms with van der Waals surface area (Å²) in [5.41, 5.74) is 0.364. The van der Waals surface area contributed by atoms with Crippen molar-refractivity contribution in [2.75, 3.05) is 13.2 Å². The molecule has 4 aliphatic rings. The standard InChI is InChI=1S/C18H28O4/c1-13(14(21)22)3-4-16-5-15(2)6-17(8-16,11-19)10-18(7-15,9-16)12-20/h19-20H,1,3-12H2,2H3,(H,21,22). The molecule has 0 heterocycles. The highest BCUT2D eigenvalue weighted by Crippen LogP contribution is 2.74. The van der Waals surface area contributed by atoms with E-state index in [1.165, 1.54) is 0 Å². The summed E-state index contributed by atoms with van der Waals surface area (Å²) in [4.78, 5) is 11.0. The SMILES string of the molecule is C=C(CCC12CC3(C)CC(CO)(CC(CO)(C3)C1)C2)C(=O)O. The number of carbonyl (C=O) groups is 1. The van der Waals surface area contributed by atoms with Gasteiger partial charge in [-0.15, -0.1) is 0 Å². The smallest absolute Gasteiger partial charge is 0.330 e. The number of carboxylic acids is 1. The molecule has 0 radical (unpaired) electrons. The molecule has 4 rings (SSSR count). The van der Waals surface area contributed by atoms with E-state index in [9.17, 15) is 15.0 Å². The van der Waals surface area contributed by atoms with Crippen molar-refractivity contribution >= 4 is 5.97 Å². The van der Waals surface area contributed by atoms with Gasteiger partial charge < -0.3 is 15.3 Å². The molecule has 4 heteroatoms. The largest absolute Gasteiger partial charge is 0.478 e. The topological polar surface area (TPSA) is 77.8 Å². The van der Waals surface area contributed by atoms with Crippen LogP contribution in [0, 0.1) is 21.7 Å². The summed E-state index contributed by atoms with van der Waals surface area (Å²) in [6.07, 6.45) is 7.37. The van der Waals surface area contributed by atoms with E-state index in [2.05, 4.69) is 13.5 Å². The Morgan fingerprint density at radius 2 is 1.41 bits per heavy atom. The Hall–Kier alpha value is -0.870. The molecule has 0 spiro atoms. The zero-order chi connectivity index (χ0) is 16.2. The summed E-state index contributed by atoms with van der Waals surface area (Å²) in [5, 5.41) is 29.1. The normalized spacial score (nSPS) is 46.0. The molecule has 0 aromatic carbocycles. The van der Waals surface area contributed by atoms with Crippen LogP contribution >= 0.6 is 0 Å². The highest BCUT2D eigenvalue weighted by atomic mass is 16.4. The summed E-state index contributed by atoms with van der Waals surface area (Å²) in [6, 6.07) is 0. The maximum Gasteiger partial charge on any atom is 0.330 e. The third kappa shape index (κ3) is 2.41. The average molecular weight is 308 g/mol. The first kappa shape index (κ1) is 16.0. The van der Waals surface area contributed by atoms with Crippen molar-refractivity contribution in [3.05, 3.63) is 12.2 Å². The first-order chi connectivity index (χ1) is 10.2. The molecular formula is C18H28O4. The van der Waals surface area contributed by atoms with E-state index in [0.717, 1.165) is 44.9 Å². The van der Waals surface area contributed by atoms with Gasteiger partial charge in [0, 0.05) is 18.8 Å².